The maximum atomic E-state index is 12.2. The molecule has 5 atom stereocenters. The molecular formula is C15H28N4O6S. The highest BCUT2D eigenvalue weighted by Gasteiger charge is 2.29. The second-order valence-electron chi connectivity index (χ2n) is 5.97. The highest BCUT2D eigenvalue weighted by molar-refractivity contribution is 7.80. The Bertz CT molecular complexity index is 518. The number of thiol groups is 1. The number of hydrogen-bond acceptors (Lipinski definition) is 7. The number of hydrogen-bond donors (Lipinski definition) is 7. The van der Waals surface area contributed by atoms with Gasteiger partial charge in [-0.2, -0.15) is 12.6 Å². The third-order valence-corrected chi connectivity index (χ3v) is 4.24. The van der Waals surface area contributed by atoms with Crippen molar-refractivity contribution >= 4 is 36.3 Å². The van der Waals surface area contributed by atoms with Gasteiger partial charge in [-0.3, -0.25) is 14.4 Å². The maximum absolute atomic E-state index is 12.2. The van der Waals surface area contributed by atoms with Gasteiger partial charge in [0.1, 0.15) is 24.2 Å². The SMILES string of the molecule is CCC(C)C(NC(=O)C(C)NC(=O)C(CS)NC(=O)C(N)CO)C(=O)O. The molecule has 26 heavy (non-hydrogen) atoms. The Morgan fingerprint density at radius 3 is 2.04 bits per heavy atom. The third-order valence-electron chi connectivity index (χ3n) is 3.88. The van der Waals surface area contributed by atoms with Crippen molar-refractivity contribution in [3.05, 3.63) is 0 Å². The lowest BCUT2D eigenvalue weighted by Gasteiger charge is -2.24. The van der Waals surface area contributed by atoms with Crippen LogP contribution < -0.4 is 21.7 Å². The van der Waals surface area contributed by atoms with Crippen LogP contribution in [-0.2, 0) is 19.2 Å². The number of aliphatic carboxylic acids is 1. The molecule has 0 saturated heterocycles. The van der Waals surface area contributed by atoms with Crippen LogP contribution in [0.25, 0.3) is 0 Å². The van der Waals surface area contributed by atoms with Crippen LogP contribution in [0.15, 0.2) is 0 Å². The van der Waals surface area contributed by atoms with Gasteiger partial charge in [-0.15, -0.1) is 0 Å². The van der Waals surface area contributed by atoms with Crippen LogP contribution in [0, 0.1) is 5.92 Å². The van der Waals surface area contributed by atoms with E-state index in [-0.39, 0.29) is 11.7 Å². The number of nitrogens with one attached hydrogen (secondary N) is 3. The van der Waals surface area contributed by atoms with E-state index in [0.717, 1.165) is 0 Å². The number of aliphatic hydroxyl groups excluding tert-OH is 1. The fourth-order valence-electron chi connectivity index (χ4n) is 1.90. The lowest BCUT2D eigenvalue weighted by Crippen LogP contribution is -2.57. The number of amides is 3. The Morgan fingerprint density at radius 1 is 1.04 bits per heavy atom. The molecule has 11 heteroatoms. The molecule has 150 valence electrons. The standard InChI is InChI=1S/C15H28N4O6S/c1-4-7(2)11(15(24)25)19-12(21)8(3)17-14(23)10(6-26)18-13(22)9(16)5-20/h7-11,20,26H,4-6,16H2,1-3H3,(H,17,23)(H,18,22)(H,19,21)(H,24,25). The fourth-order valence-corrected chi connectivity index (χ4v) is 2.15. The van der Waals surface area contributed by atoms with Crippen molar-refractivity contribution in [2.24, 2.45) is 11.7 Å². The summed E-state index contributed by atoms with van der Waals surface area (Å²) in [6.07, 6.45) is 0.552. The number of carboxylic acids is 1. The number of aliphatic hydroxyl groups is 1. The highest BCUT2D eigenvalue weighted by atomic mass is 32.1. The summed E-state index contributed by atoms with van der Waals surface area (Å²) in [4.78, 5) is 47.2. The summed E-state index contributed by atoms with van der Waals surface area (Å²) in [7, 11) is 0. The van der Waals surface area contributed by atoms with Crippen molar-refractivity contribution in [2.45, 2.75) is 51.4 Å². The van der Waals surface area contributed by atoms with Crippen LogP contribution in [-0.4, -0.2) is 70.4 Å². The monoisotopic (exact) mass is 392 g/mol. The number of nitrogens with two attached hydrogens (primary N) is 1. The van der Waals surface area contributed by atoms with E-state index in [0.29, 0.717) is 6.42 Å². The summed E-state index contributed by atoms with van der Waals surface area (Å²) < 4.78 is 0. The molecule has 0 radical (unpaired) electrons. The van der Waals surface area contributed by atoms with Crippen LogP contribution in [0.2, 0.25) is 0 Å². The molecule has 0 aliphatic rings. The van der Waals surface area contributed by atoms with Gasteiger partial charge in [0.05, 0.1) is 6.61 Å². The predicted octanol–water partition coefficient (Wildman–Crippen LogP) is -2.16. The molecule has 0 rings (SSSR count). The first kappa shape index (κ1) is 24.1. The van der Waals surface area contributed by atoms with Gasteiger partial charge in [0.15, 0.2) is 0 Å². The Labute approximate surface area is 157 Å². The normalized spacial score (nSPS) is 16.5. The van der Waals surface area contributed by atoms with Gasteiger partial charge in [-0.05, 0) is 12.8 Å². The molecule has 10 nitrogen and oxygen atoms in total. The predicted molar refractivity (Wildman–Crippen MR) is 97.5 cm³/mol. The maximum Gasteiger partial charge on any atom is 0.326 e. The van der Waals surface area contributed by atoms with E-state index in [4.69, 9.17) is 10.8 Å². The molecule has 0 aromatic rings. The Hall–Kier alpha value is -1.85. The van der Waals surface area contributed by atoms with Crippen molar-refractivity contribution in [2.75, 3.05) is 12.4 Å². The van der Waals surface area contributed by atoms with Gasteiger partial charge < -0.3 is 31.9 Å². The van der Waals surface area contributed by atoms with Crippen LogP contribution in [0.3, 0.4) is 0 Å². The van der Waals surface area contributed by atoms with Crippen molar-refractivity contribution in [3.63, 3.8) is 0 Å². The number of carbonyl (C=O) groups is 4. The van der Waals surface area contributed by atoms with Crippen molar-refractivity contribution in [1.82, 2.24) is 16.0 Å². The van der Waals surface area contributed by atoms with Crippen LogP contribution >= 0.6 is 12.6 Å². The minimum Gasteiger partial charge on any atom is -0.480 e. The molecule has 0 saturated carbocycles. The molecule has 3 amide bonds. The molecule has 0 bridgehead atoms. The number of rotatable bonds is 11. The summed E-state index contributed by atoms with van der Waals surface area (Å²) in [5.74, 6) is -3.59. The summed E-state index contributed by atoms with van der Waals surface area (Å²) in [5.41, 5.74) is 5.36. The second kappa shape index (κ2) is 11.7. The first-order valence-corrected chi connectivity index (χ1v) is 8.83. The first-order valence-electron chi connectivity index (χ1n) is 8.20. The molecule has 5 unspecified atom stereocenters. The van der Waals surface area contributed by atoms with Gasteiger partial charge in [0.25, 0.3) is 0 Å². The highest BCUT2D eigenvalue weighted by Crippen LogP contribution is 2.08. The zero-order valence-electron chi connectivity index (χ0n) is 15.1. The van der Waals surface area contributed by atoms with E-state index >= 15 is 0 Å². The summed E-state index contributed by atoms with van der Waals surface area (Å²) in [5, 5.41) is 25.1. The molecule has 0 aliphatic heterocycles. The molecule has 0 aromatic heterocycles. The second-order valence-corrected chi connectivity index (χ2v) is 6.34. The quantitative estimate of drug-likeness (QED) is 0.196. The van der Waals surface area contributed by atoms with Crippen molar-refractivity contribution in [3.8, 4) is 0 Å². The van der Waals surface area contributed by atoms with Crippen molar-refractivity contribution in [1.29, 1.82) is 0 Å². The number of carbonyl (C=O) groups excluding carboxylic acids is 3. The van der Waals surface area contributed by atoms with Crippen LogP contribution in [0.4, 0.5) is 0 Å². The van der Waals surface area contributed by atoms with Crippen LogP contribution in [0.5, 0.6) is 0 Å². The largest absolute Gasteiger partial charge is 0.480 e. The zero-order chi connectivity index (χ0) is 20.4. The summed E-state index contributed by atoms with van der Waals surface area (Å²) >= 11 is 3.97. The van der Waals surface area contributed by atoms with Gasteiger partial charge in [0.2, 0.25) is 17.7 Å². The molecule has 7 N–H and O–H groups in total. The smallest absolute Gasteiger partial charge is 0.326 e. The minimum absolute atomic E-state index is 0.0608. The third kappa shape index (κ3) is 7.58. The Kier molecular flexibility index (Phi) is 10.9. The molecule has 0 spiro atoms. The van der Waals surface area contributed by atoms with E-state index < -0.39 is 54.5 Å². The van der Waals surface area contributed by atoms with Crippen LogP contribution in [0.1, 0.15) is 27.2 Å². The van der Waals surface area contributed by atoms with E-state index in [1.807, 2.05) is 0 Å². The van der Waals surface area contributed by atoms with E-state index in [2.05, 4.69) is 28.6 Å². The molecular weight excluding hydrogens is 364 g/mol. The van der Waals surface area contributed by atoms with Gasteiger partial charge in [0, 0.05) is 5.75 Å². The molecule has 0 aromatic carbocycles. The Balaban J connectivity index is 4.82. The zero-order valence-corrected chi connectivity index (χ0v) is 16.0. The fraction of sp³-hybridized carbons (Fsp3) is 0.733. The topological polar surface area (TPSA) is 171 Å². The van der Waals surface area contributed by atoms with E-state index in [1.165, 1.54) is 6.92 Å². The van der Waals surface area contributed by atoms with Gasteiger partial charge in [-0.1, -0.05) is 20.3 Å². The first-order chi connectivity index (χ1) is 12.1. The number of carboxylic acid groups (broad SMARTS) is 1. The Morgan fingerprint density at radius 2 is 1.62 bits per heavy atom. The average Bonchev–Trinajstić information content (AvgIpc) is 2.61. The lowest BCUT2D eigenvalue weighted by atomic mass is 9.99. The summed E-state index contributed by atoms with van der Waals surface area (Å²) in [6.45, 7) is 4.30. The minimum atomic E-state index is -1.18. The van der Waals surface area contributed by atoms with Gasteiger partial charge >= 0.3 is 5.97 Å². The molecule has 0 fully saturated rings. The van der Waals surface area contributed by atoms with E-state index in [1.54, 1.807) is 13.8 Å². The van der Waals surface area contributed by atoms with Gasteiger partial charge in [-0.25, -0.2) is 4.79 Å². The average molecular weight is 392 g/mol. The summed E-state index contributed by atoms with van der Waals surface area (Å²) in [6, 6.07) is -4.35. The lowest BCUT2D eigenvalue weighted by molar-refractivity contribution is -0.143. The molecule has 0 aliphatic carbocycles. The van der Waals surface area contributed by atoms with Crippen molar-refractivity contribution < 1.29 is 29.4 Å². The molecule has 0 heterocycles. The van der Waals surface area contributed by atoms with E-state index in [9.17, 15) is 24.3 Å².